The third kappa shape index (κ3) is 5.77. The molecule has 4 saturated heterocycles. The Morgan fingerprint density at radius 2 is 1.79 bits per heavy atom. The number of likely N-dealkylation sites (N-methyl/N-ethyl adjacent to an activating group) is 2. The predicted molar refractivity (Wildman–Crippen MR) is 185 cm³/mol. The van der Waals surface area contributed by atoms with E-state index in [0.29, 0.717) is 42.0 Å². The summed E-state index contributed by atoms with van der Waals surface area (Å²) < 4.78 is 23.1. The van der Waals surface area contributed by atoms with Crippen molar-refractivity contribution in [1.29, 1.82) is 0 Å². The molecular weight excluding hydrogens is 609 g/mol. The number of likely N-dealkylation sites (tertiary alicyclic amines) is 2. The lowest BCUT2D eigenvalue weighted by molar-refractivity contribution is 0.173. The molecule has 2 amide bonds. The van der Waals surface area contributed by atoms with Gasteiger partial charge in [-0.15, -0.1) is 0 Å². The molecule has 5 heterocycles. The number of carbonyl (C=O) groups is 1. The fourth-order valence-corrected chi connectivity index (χ4v) is 8.42. The summed E-state index contributed by atoms with van der Waals surface area (Å²) in [6.45, 7) is 4.61. The van der Waals surface area contributed by atoms with Crippen LogP contribution < -0.4 is 15.0 Å². The number of aromatic hydroxyl groups is 1. The highest BCUT2D eigenvalue weighted by Gasteiger charge is 2.41. The molecule has 48 heavy (non-hydrogen) atoms. The molecule has 4 aromatic rings. The Morgan fingerprint density at radius 3 is 2.60 bits per heavy atom. The lowest BCUT2D eigenvalue weighted by Crippen LogP contribution is -2.51. The predicted octanol–water partition coefficient (Wildman–Crippen LogP) is 5.22. The molecule has 3 aromatic carbocycles. The summed E-state index contributed by atoms with van der Waals surface area (Å²) in [7, 11) is 4.19. The van der Waals surface area contributed by atoms with Crippen molar-refractivity contribution in [1.82, 2.24) is 30.0 Å². The van der Waals surface area contributed by atoms with Crippen LogP contribution in [0.15, 0.2) is 48.5 Å². The number of hydrogen-bond donors (Lipinski definition) is 2. The van der Waals surface area contributed by atoms with Gasteiger partial charge in [0.05, 0.1) is 6.04 Å². The Labute approximate surface area is 280 Å². The standard InChI is InChI=1S/C37H44FN7O3/c1-42-16-13-24(20-42)39-37(47)45-25-9-10-26(45)21-44(17-14-25)35-31-12-11-30(32-19-28(46)18-23-6-3-4-8-29(23)32)33(38)34(31)40-36(41-35)48-22-27-7-5-15-43(27)2/h3-4,6,8,11-12,18-19,24-27,46H,5,7,9-10,13-17,20-22H2,1-2H3,(H,39,47)/t24-,25?,26?,27+/m1/s1. The van der Waals surface area contributed by atoms with Gasteiger partial charge in [-0.25, -0.2) is 9.18 Å². The number of phenolic OH excluding ortho intramolecular Hbond substituents is 1. The largest absolute Gasteiger partial charge is 0.508 e. The van der Waals surface area contributed by atoms with Crippen molar-refractivity contribution in [3.05, 3.63) is 54.3 Å². The van der Waals surface area contributed by atoms with Gasteiger partial charge in [0, 0.05) is 48.7 Å². The molecule has 0 aliphatic carbocycles. The number of benzene rings is 3. The first-order valence-electron chi connectivity index (χ1n) is 17.4. The van der Waals surface area contributed by atoms with Gasteiger partial charge in [-0.3, -0.25) is 0 Å². The highest BCUT2D eigenvalue weighted by molar-refractivity contribution is 6.01. The molecule has 2 bridgehead atoms. The number of urea groups is 1. The van der Waals surface area contributed by atoms with E-state index in [9.17, 15) is 9.90 Å². The number of fused-ring (bicyclic) bond motifs is 4. The van der Waals surface area contributed by atoms with Crippen LogP contribution in [0.1, 0.15) is 38.5 Å². The minimum Gasteiger partial charge on any atom is -0.508 e. The van der Waals surface area contributed by atoms with Gasteiger partial charge < -0.3 is 34.8 Å². The van der Waals surface area contributed by atoms with Gasteiger partial charge in [-0.1, -0.05) is 30.3 Å². The molecule has 1 aromatic heterocycles. The van der Waals surface area contributed by atoms with Gasteiger partial charge in [-0.05, 0) is 100 Å². The third-order valence-electron chi connectivity index (χ3n) is 11.0. The molecular formula is C37H44FN7O3. The van der Waals surface area contributed by atoms with Crippen LogP contribution in [0.3, 0.4) is 0 Å². The van der Waals surface area contributed by atoms with E-state index in [4.69, 9.17) is 9.72 Å². The van der Waals surface area contributed by atoms with Crippen molar-refractivity contribution in [2.75, 3.05) is 58.3 Å². The number of halogens is 1. The molecule has 4 fully saturated rings. The summed E-state index contributed by atoms with van der Waals surface area (Å²) in [6, 6.07) is 15.4. The highest BCUT2D eigenvalue weighted by Crippen LogP contribution is 2.40. The average molecular weight is 654 g/mol. The first-order chi connectivity index (χ1) is 23.3. The molecule has 10 nitrogen and oxygen atoms in total. The lowest BCUT2D eigenvalue weighted by Gasteiger charge is -2.31. The number of ether oxygens (including phenoxy) is 1. The van der Waals surface area contributed by atoms with E-state index in [1.54, 1.807) is 18.2 Å². The van der Waals surface area contributed by atoms with E-state index in [1.807, 2.05) is 30.3 Å². The fraction of sp³-hybridized carbons (Fsp3) is 0.486. The monoisotopic (exact) mass is 653 g/mol. The first kappa shape index (κ1) is 31.1. The van der Waals surface area contributed by atoms with Crippen LogP contribution in [0.25, 0.3) is 32.8 Å². The van der Waals surface area contributed by atoms with Gasteiger partial charge in [0.25, 0.3) is 0 Å². The number of rotatable bonds is 6. The molecule has 4 aliphatic rings. The van der Waals surface area contributed by atoms with Crippen LogP contribution in [0.5, 0.6) is 11.8 Å². The highest BCUT2D eigenvalue weighted by atomic mass is 19.1. The maximum absolute atomic E-state index is 16.8. The maximum atomic E-state index is 16.8. The maximum Gasteiger partial charge on any atom is 0.319 e. The van der Waals surface area contributed by atoms with Gasteiger partial charge in [0.2, 0.25) is 0 Å². The Balaban J connectivity index is 1.16. The van der Waals surface area contributed by atoms with Crippen molar-refractivity contribution in [2.45, 2.75) is 62.7 Å². The molecule has 2 N–H and O–H groups in total. The summed E-state index contributed by atoms with van der Waals surface area (Å²) in [4.78, 5) is 32.1. The second-order valence-corrected chi connectivity index (χ2v) is 14.2. The normalized spacial score (nSPS) is 24.9. The number of anilines is 1. The van der Waals surface area contributed by atoms with Crippen molar-refractivity contribution < 1.29 is 19.0 Å². The molecule has 0 spiro atoms. The zero-order chi connectivity index (χ0) is 32.9. The smallest absolute Gasteiger partial charge is 0.319 e. The van der Waals surface area contributed by atoms with Crippen LogP contribution in [0.4, 0.5) is 15.0 Å². The molecule has 11 heteroatoms. The SMILES string of the molecule is CN1CC[C@@H](NC(=O)N2C3CCC2CN(c2nc(OC[C@@H]4CCCN4C)nc4c(F)c(-c5cc(O)cc6ccccc56)ccc24)CC3)C1. The second-order valence-electron chi connectivity index (χ2n) is 14.2. The minimum atomic E-state index is -0.478. The van der Waals surface area contributed by atoms with Crippen LogP contribution in [0.2, 0.25) is 0 Å². The van der Waals surface area contributed by atoms with Crippen molar-refractivity contribution in [2.24, 2.45) is 0 Å². The minimum absolute atomic E-state index is 0.0240. The summed E-state index contributed by atoms with van der Waals surface area (Å²) in [5.74, 6) is 0.226. The van der Waals surface area contributed by atoms with E-state index in [-0.39, 0.29) is 47.5 Å². The van der Waals surface area contributed by atoms with E-state index in [0.717, 1.165) is 68.9 Å². The number of nitrogens with one attached hydrogen (secondary N) is 1. The Kier molecular flexibility index (Phi) is 8.20. The van der Waals surface area contributed by atoms with Crippen LogP contribution in [-0.4, -0.2) is 113 Å². The molecule has 252 valence electrons. The lowest BCUT2D eigenvalue weighted by atomic mass is 9.96. The number of phenols is 1. The first-order valence-corrected chi connectivity index (χ1v) is 17.4. The van der Waals surface area contributed by atoms with Crippen molar-refractivity contribution in [3.8, 4) is 22.9 Å². The Bertz CT molecular complexity index is 1860. The van der Waals surface area contributed by atoms with E-state index in [2.05, 4.69) is 44.0 Å². The molecule has 0 saturated carbocycles. The molecule has 2 unspecified atom stereocenters. The zero-order valence-corrected chi connectivity index (χ0v) is 27.7. The number of carbonyl (C=O) groups excluding carboxylic acids is 1. The Hall–Kier alpha value is -4.22. The van der Waals surface area contributed by atoms with Crippen LogP contribution >= 0.6 is 0 Å². The quantitative estimate of drug-likeness (QED) is 0.292. The van der Waals surface area contributed by atoms with Crippen LogP contribution in [-0.2, 0) is 0 Å². The second kappa shape index (κ2) is 12.7. The van der Waals surface area contributed by atoms with Crippen LogP contribution in [0, 0.1) is 5.82 Å². The topological polar surface area (TPSA) is 97.3 Å². The van der Waals surface area contributed by atoms with E-state index < -0.39 is 5.82 Å². The summed E-state index contributed by atoms with van der Waals surface area (Å²) in [5, 5.41) is 16.1. The van der Waals surface area contributed by atoms with Crippen molar-refractivity contribution >= 4 is 33.5 Å². The Morgan fingerprint density at radius 1 is 0.938 bits per heavy atom. The summed E-state index contributed by atoms with van der Waals surface area (Å²) in [5.41, 5.74) is 1.15. The fourth-order valence-electron chi connectivity index (χ4n) is 8.42. The van der Waals surface area contributed by atoms with Gasteiger partial charge >= 0.3 is 12.0 Å². The third-order valence-corrected chi connectivity index (χ3v) is 11.0. The number of nitrogens with zero attached hydrogens (tertiary/aromatic N) is 6. The molecule has 0 radical (unpaired) electrons. The van der Waals surface area contributed by atoms with Crippen molar-refractivity contribution in [3.63, 3.8) is 0 Å². The zero-order valence-electron chi connectivity index (χ0n) is 27.7. The summed E-state index contributed by atoms with van der Waals surface area (Å²) >= 11 is 0. The van der Waals surface area contributed by atoms with Gasteiger partial charge in [0.1, 0.15) is 23.7 Å². The average Bonchev–Trinajstić information content (AvgIpc) is 3.76. The van der Waals surface area contributed by atoms with Gasteiger partial charge in [0.15, 0.2) is 5.82 Å². The van der Waals surface area contributed by atoms with E-state index in [1.165, 1.54) is 0 Å². The van der Waals surface area contributed by atoms with Gasteiger partial charge in [-0.2, -0.15) is 9.97 Å². The molecule has 8 rings (SSSR count). The molecule has 4 atom stereocenters. The number of hydrogen-bond acceptors (Lipinski definition) is 8. The number of amides is 2. The summed E-state index contributed by atoms with van der Waals surface area (Å²) in [6.07, 6.45) is 5.82. The molecule has 4 aliphatic heterocycles. The number of aromatic nitrogens is 2. The van der Waals surface area contributed by atoms with E-state index >= 15 is 4.39 Å².